The molecule has 0 spiro atoms. The Hall–Kier alpha value is -1.47. The van der Waals surface area contributed by atoms with Crippen LogP contribution in [0, 0.1) is 0 Å². The molecule has 114 valence electrons. The van der Waals surface area contributed by atoms with Crippen LogP contribution in [0.1, 0.15) is 26.3 Å². The summed E-state index contributed by atoms with van der Waals surface area (Å²) in [5.74, 6) is 1.44. The van der Waals surface area contributed by atoms with Crippen molar-refractivity contribution in [1.82, 2.24) is 10.6 Å². The van der Waals surface area contributed by atoms with Crippen LogP contribution >= 0.6 is 12.2 Å². The minimum atomic E-state index is -0.694. The first-order chi connectivity index (χ1) is 9.90. The van der Waals surface area contributed by atoms with Gasteiger partial charge in [0.05, 0.1) is 6.61 Å². The molecular weight excluding hydrogens is 287 g/mol. The van der Waals surface area contributed by atoms with Crippen molar-refractivity contribution in [3.63, 3.8) is 0 Å². The first kappa shape index (κ1) is 15.9. The predicted molar refractivity (Wildman–Crippen MR) is 87.8 cm³/mol. The Kier molecular flexibility index (Phi) is 4.95. The van der Waals surface area contributed by atoms with Crippen molar-refractivity contribution in [3.05, 3.63) is 23.8 Å². The Balaban J connectivity index is 1.84. The maximum absolute atomic E-state index is 5.66. The third-order valence-electron chi connectivity index (χ3n) is 3.12. The second kappa shape index (κ2) is 6.53. The number of fused-ring (bicyclic) bond motifs is 1. The molecule has 0 aliphatic carbocycles. The molecule has 0 radical (unpaired) electrons. The monoisotopic (exact) mass is 308 g/mol. The fourth-order valence-corrected chi connectivity index (χ4v) is 1.97. The van der Waals surface area contributed by atoms with Gasteiger partial charge in [-0.05, 0) is 35.3 Å². The Labute approximate surface area is 131 Å². The molecule has 1 heterocycles. The van der Waals surface area contributed by atoms with Crippen LogP contribution in [0.25, 0.3) is 0 Å². The van der Waals surface area contributed by atoms with Gasteiger partial charge in [0.25, 0.3) is 0 Å². The van der Waals surface area contributed by atoms with Gasteiger partial charge in [-0.25, -0.2) is 0 Å². The van der Waals surface area contributed by atoms with Crippen LogP contribution in [0.3, 0.4) is 0 Å². The molecule has 1 aromatic carbocycles. The van der Waals surface area contributed by atoms with Crippen molar-refractivity contribution in [2.45, 2.75) is 26.2 Å². The molecule has 0 saturated heterocycles. The standard InChI is InChI=1S/C14H21BN2O3S/c1-14(2,3)10-5-6-11-12(9-10)20-15(19-11)18-8-7-17-13(21)16-4/h5-6,9H,7-8H2,1-4H3,(H2,16,17,21). The van der Waals surface area contributed by atoms with E-state index < -0.39 is 7.32 Å². The molecule has 0 unspecified atom stereocenters. The molecule has 21 heavy (non-hydrogen) atoms. The van der Waals surface area contributed by atoms with Crippen LogP contribution in [0.5, 0.6) is 11.5 Å². The second-order valence-electron chi connectivity index (χ2n) is 5.81. The van der Waals surface area contributed by atoms with E-state index in [-0.39, 0.29) is 5.41 Å². The fourth-order valence-electron chi connectivity index (χ4n) is 1.87. The number of thiocarbonyl (C=S) groups is 1. The lowest BCUT2D eigenvalue weighted by molar-refractivity contribution is 0.226. The third kappa shape index (κ3) is 4.25. The molecular formula is C14H21BN2O3S. The lowest BCUT2D eigenvalue weighted by Crippen LogP contribution is -2.37. The van der Waals surface area contributed by atoms with E-state index in [1.807, 2.05) is 12.1 Å². The quantitative estimate of drug-likeness (QED) is 0.503. The van der Waals surface area contributed by atoms with Crippen molar-refractivity contribution in [2.75, 3.05) is 20.2 Å². The Morgan fingerprint density at radius 1 is 1.29 bits per heavy atom. The topological polar surface area (TPSA) is 51.8 Å². The van der Waals surface area contributed by atoms with Crippen molar-refractivity contribution >= 4 is 24.7 Å². The number of rotatable bonds is 4. The van der Waals surface area contributed by atoms with E-state index in [1.165, 1.54) is 5.56 Å². The maximum Gasteiger partial charge on any atom is 0.788 e. The molecule has 0 saturated carbocycles. The predicted octanol–water partition coefficient (Wildman–Crippen LogP) is 1.85. The van der Waals surface area contributed by atoms with Gasteiger partial charge in [-0.1, -0.05) is 26.8 Å². The highest BCUT2D eigenvalue weighted by molar-refractivity contribution is 7.80. The van der Waals surface area contributed by atoms with Crippen molar-refractivity contribution in [1.29, 1.82) is 0 Å². The summed E-state index contributed by atoms with van der Waals surface area (Å²) >= 11 is 4.97. The van der Waals surface area contributed by atoms with Gasteiger partial charge >= 0.3 is 7.32 Å². The van der Waals surface area contributed by atoms with Gasteiger partial charge in [-0.15, -0.1) is 0 Å². The van der Waals surface area contributed by atoms with Crippen LogP contribution in [0.15, 0.2) is 18.2 Å². The Morgan fingerprint density at radius 3 is 2.67 bits per heavy atom. The molecule has 2 rings (SSSR count). The molecule has 7 heteroatoms. The number of hydrogen-bond donors (Lipinski definition) is 2. The SMILES string of the molecule is CNC(=S)NCCOB1Oc2ccc(C(C)(C)C)cc2O1. The number of hydrogen-bond acceptors (Lipinski definition) is 4. The zero-order valence-corrected chi connectivity index (χ0v) is 13.7. The highest BCUT2D eigenvalue weighted by Crippen LogP contribution is 2.37. The summed E-state index contributed by atoms with van der Waals surface area (Å²) in [7, 11) is 1.07. The van der Waals surface area contributed by atoms with Crippen LogP contribution in [-0.4, -0.2) is 32.6 Å². The van der Waals surface area contributed by atoms with Gasteiger partial charge in [0.15, 0.2) is 5.11 Å². The van der Waals surface area contributed by atoms with Crippen LogP contribution in [0.4, 0.5) is 0 Å². The normalized spacial score (nSPS) is 13.2. The zero-order valence-electron chi connectivity index (χ0n) is 12.9. The molecule has 0 fully saturated rings. The van der Waals surface area contributed by atoms with Crippen LogP contribution in [0.2, 0.25) is 0 Å². The summed E-state index contributed by atoms with van der Waals surface area (Å²) in [6, 6.07) is 5.98. The van der Waals surface area contributed by atoms with E-state index in [4.69, 9.17) is 26.2 Å². The molecule has 1 aliphatic heterocycles. The molecule has 5 nitrogen and oxygen atoms in total. The highest BCUT2D eigenvalue weighted by atomic mass is 32.1. The van der Waals surface area contributed by atoms with Gasteiger partial charge in [-0.2, -0.15) is 0 Å². The van der Waals surface area contributed by atoms with Gasteiger partial charge in [0, 0.05) is 13.6 Å². The molecule has 0 atom stereocenters. The summed E-state index contributed by atoms with van der Waals surface area (Å²) < 4.78 is 16.8. The number of benzene rings is 1. The van der Waals surface area contributed by atoms with E-state index in [2.05, 4.69) is 37.5 Å². The van der Waals surface area contributed by atoms with Crippen molar-refractivity contribution in [2.24, 2.45) is 0 Å². The average molecular weight is 308 g/mol. The first-order valence-corrected chi connectivity index (χ1v) is 7.36. The minimum Gasteiger partial charge on any atom is -0.498 e. The summed E-state index contributed by atoms with van der Waals surface area (Å²) in [6.45, 7) is 7.51. The highest BCUT2D eigenvalue weighted by Gasteiger charge is 2.35. The Bertz CT molecular complexity index is 519. The first-order valence-electron chi connectivity index (χ1n) is 6.95. The summed E-state index contributed by atoms with van der Waals surface area (Å²) in [5, 5.41) is 6.41. The Morgan fingerprint density at radius 2 is 2.00 bits per heavy atom. The largest absolute Gasteiger partial charge is 0.788 e. The van der Waals surface area contributed by atoms with Crippen LogP contribution < -0.4 is 19.9 Å². The zero-order chi connectivity index (χ0) is 15.5. The molecule has 0 bridgehead atoms. The minimum absolute atomic E-state index is 0.0735. The van der Waals surface area contributed by atoms with E-state index >= 15 is 0 Å². The van der Waals surface area contributed by atoms with Crippen molar-refractivity contribution in [3.8, 4) is 11.5 Å². The van der Waals surface area contributed by atoms with Crippen molar-refractivity contribution < 1.29 is 14.0 Å². The maximum atomic E-state index is 5.66. The summed E-state index contributed by atoms with van der Waals surface area (Å²) in [5.41, 5.74) is 1.27. The second-order valence-corrected chi connectivity index (χ2v) is 6.22. The molecule has 0 aromatic heterocycles. The molecule has 1 aliphatic rings. The lowest BCUT2D eigenvalue weighted by atomic mass is 9.87. The lowest BCUT2D eigenvalue weighted by Gasteiger charge is -2.19. The van der Waals surface area contributed by atoms with Gasteiger partial charge in [0.2, 0.25) is 0 Å². The summed E-state index contributed by atoms with van der Waals surface area (Å²) in [6.07, 6.45) is 0. The van der Waals surface area contributed by atoms with Gasteiger partial charge in [-0.3, -0.25) is 0 Å². The van der Waals surface area contributed by atoms with Gasteiger partial charge < -0.3 is 24.6 Å². The smallest absolute Gasteiger partial charge is 0.498 e. The van der Waals surface area contributed by atoms with Gasteiger partial charge in [0.1, 0.15) is 11.5 Å². The van der Waals surface area contributed by atoms with E-state index in [9.17, 15) is 0 Å². The van der Waals surface area contributed by atoms with E-state index in [0.717, 1.165) is 5.75 Å². The van der Waals surface area contributed by atoms with Crippen LogP contribution in [-0.2, 0) is 10.1 Å². The fraction of sp³-hybridized carbons (Fsp3) is 0.500. The number of nitrogens with one attached hydrogen (secondary N) is 2. The van der Waals surface area contributed by atoms with E-state index in [1.54, 1.807) is 7.05 Å². The third-order valence-corrected chi connectivity index (χ3v) is 3.47. The average Bonchev–Trinajstić information content (AvgIpc) is 2.84. The van der Waals surface area contributed by atoms with E-state index in [0.29, 0.717) is 24.0 Å². The summed E-state index contributed by atoms with van der Waals surface area (Å²) in [4.78, 5) is 0. The molecule has 2 N–H and O–H groups in total. The molecule has 1 aromatic rings. The molecule has 0 amide bonds.